The lowest BCUT2D eigenvalue weighted by molar-refractivity contribution is 0.0409. The van der Waals surface area contributed by atoms with Crippen molar-refractivity contribution in [3.8, 4) is 0 Å². The third-order valence-corrected chi connectivity index (χ3v) is 4.13. The minimum Gasteiger partial charge on any atom is -0.392 e. The van der Waals surface area contributed by atoms with E-state index in [1.165, 1.54) is 5.56 Å². The summed E-state index contributed by atoms with van der Waals surface area (Å²) in [6.45, 7) is 9.16. The Hall–Kier alpha value is -1.16. The van der Waals surface area contributed by atoms with Crippen LogP contribution in [0.25, 0.3) is 6.08 Å². The molecule has 0 aliphatic carbocycles. The first-order valence-electron chi connectivity index (χ1n) is 8.05. The topological polar surface area (TPSA) is 26.7 Å². The van der Waals surface area contributed by atoms with Gasteiger partial charge in [0.15, 0.2) is 0 Å². The highest BCUT2D eigenvalue weighted by Gasteiger charge is 2.25. The van der Waals surface area contributed by atoms with Crippen molar-refractivity contribution in [2.45, 2.75) is 32.4 Å². The monoisotopic (exact) mass is 288 g/mol. The highest BCUT2D eigenvalue weighted by Crippen LogP contribution is 2.13. The molecule has 1 saturated heterocycles. The Balaban J connectivity index is 1.82. The second-order valence-electron chi connectivity index (χ2n) is 5.98. The molecule has 0 unspecified atom stereocenters. The summed E-state index contributed by atoms with van der Waals surface area (Å²) >= 11 is 0. The van der Waals surface area contributed by atoms with E-state index >= 15 is 0 Å². The molecular formula is C18H28N2O. The molecule has 1 aliphatic heterocycles. The number of piperazine rings is 1. The Morgan fingerprint density at radius 3 is 2.71 bits per heavy atom. The van der Waals surface area contributed by atoms with Gasteiger partial charge < -0.3 is 5.11 Å². The van der Waals surface area contributed by atoms with Crippen LogP contribution in [-0.2, 0) is 0 Å². The van der Waals surface area contributed by atoms with Crippen LogP contribution in [0.2, 0.25) is 0 Å². The van der Waals surface area contributed by atoms with Crippen molar-refractivity contribution in [2.75, 3.05) is 32.7 Å². The molecule has 0 aromatic heterocycles. The molecule has 1 aromatic carbocycles. The standard InChI is InChI=1S/C18H28N2O/c1-3-18-15-19(12-13-20(18)14-16(2)21)11-7-10-17-8-5-4-6-9-17/h4-10,16,18,21H,3,11-15H2,1-2H3/b10-7+/t16-,18-/m1/s1. The zero-order valence-electron chi connectivity index (χ0n) is 13.3. The number of aliphatic hydroxyl groups excluding tert-OH is 1. The molecular weight excluding hydrogens is 260 g/mol. The highest BCUT2D eigenvalue weighted by atomic mass is 16.3. The SMILES string of the molecule is CC[C@@H]1CN(C/C=C/c2ccccc2)CCN1C[C@@H](C)O. The van der Waals surface area contributed by atoms with Gasteiger partial charge in [-0.15, -0.1) is 0 Å². The van der Waals surface area contributed by atoms with Crippen LogP contribution in [0.5, 0.6) is 0 Å². The fourth-order valence-electron chi connectivity index (χ4n) is 2.99. The first kappa shape index (κ1) is 16.2. The predicted molar refractivity (Wildman–Crippen MR) is 89.2 cm³/mol. The molecule has 21 heavy (non-hydrogen) atoms. The molecule has 2 atom stereocenters. The van der Waals surface area contributed by atoms with Gasteiger partial charge in [0.25, 0.3) is 0 Å². The number of nitrogens with zero attached hydrogens (tertiary/aromatic N) is 2. The molecule has 3 nitrogen and oxygen atoms in total. The van der Waals surface area contributed by atoms with Gasteiger partial charge in [-0.1, -0.05) is 49.4 Å². The number of aliphatic hydroxyl groups is 1. The summed E-state index contributed by atoms with van der Waals surface area (Å²) in [5.41, 5.74) is 1.26. The van der Waals surface area contributed by atoms with Gasteiger partial charge in [0.1, 0.15) is 0 Å². The Kier molecular flexibility index (Phi) is 6.43. The summed E-state index contributed by atoms with van der Waals surface area (Å²) in [7, 11) is 0. The maximum absolute atomic E-state index is 9.58. The zero-order chi connectivity index (χ0) is 15.1. The second kappa shape index (κ2) is 8.32. The third-order valence-electron chi connectivity index (χ3n) is 4.13. The highest BCUT2D eigenvalue weighted by molar-refractivity contribution is 5.48. The summed E-state index contributed by atoms with van der Waals surface area (Å²) < 4.78 is 0. The van der Waals surface area contributed by atoms with Crippen molar-refractivity contribution in [2.24, 2.45) is 0 Å². The smallest absolute Gasteiger partial charge is 0.0639 e. The lowest BCUT2D eigenvalue weighted by Gasteiger charge is -2.41. The number of β-amino-alcohol motifs (C(OH)–C–C–N with tert-alkyl or cyclic N) is 1. The number of hydrogen-bond acceptors (Lipinski definition) is 3. The molecule has 1 aromatic rings. The lowest BCUT2D eigenvalue weighted by atomic mass is 10.1. The average Bonchev–Trinajstić information content (AvgIpc) is 2.49. The van der Waals surface area contributed by atoms with E-state index in [1.807, 2.05) is 13.0 Å². The summed E-state index contributed by atoms with van der Waals surface area (Å²) in [4.78, 5) is 4.94. The van der Waals surface area contributed by atoms with Crippen molar-refractivity contribution >= 4 is 6.08 Å². The van der Waals surface area contributed by atoms with Crippen LogP contribution in [0, 0.1) is 0 Å². The minimum absolute atomic E-state index is 0.233. The summed E-state index contributed by atoms with van der Waals surface area (Å²) in [6.07, 6.45) is 5.37. The molecule has 1 aliphatic rings. The Labute approximate surface area is 128 Å². The molecule has 0 saturated carbocycles. The van der Waals surface area contributed by atoms with E-state index in [-0.39, 0.29) is 6.10 Å². The van der Waals surface area contributed by atoms with Gasteiger partial charge in [-0.25, -0.2) is 0 Å². The van der Waals surface area contributed by atoms with Gasteiger partial charge in [-0.2, -0.15) is 0 Å². The van der Waals surface area contributed by atoms with E-state index in [9.17, 15) is 5.11 Å². The fourth-order valence-corrected chi connectivity index (χ4v) is 2.99. The van der Waals surface area contributed by atoms with Crippen molar-refractivity contribution in [3.05, 3.63) is 42.0 Å². The van der Waals surface area contributed by atoms with Crippen LogP contribution in [0.15, 0.2) is 36.4 Å². The van der Waals surface area contributed by atoms with Crippen molar-refractivity contribution in [3.63, 3.8) is 0 Å². The first-order valence-corrected chi connectivity index (χ1v) is 8.05. The second-order valence-corrected chi connectivity index (χ2v) is 5.98. The van der Waals surface area contributed by atoms with Crippen LogP contribution in [0.3, 0.4) is 0 Å². The van der Waals surface area contributed by atoms with Crippen LogP contribution in [-0.4, -0.2) is 59.8 Å². The molecule has 0 spiro atoms. The maximum Gasteiger partial charge on any atom is 0.0639 e. The molecule has 1 fully saturated rings. The van der Waals surface area contributed by atoms with E-state index in [2.05, 4.69) is 53.1 Å². The predicted octanol–water partition coefficient (Wildman–Crippen LogP) is 2.48. The number of benzene rings is 1. The maximum atomic E-state index is 9.58. The van der Waals surface area contributed by atoms with E-state index in [0.29, 0.717) is 6.04 Å². The summed E-state index contributed by atoms with van der Waals surface area (Å²) in [5, 5.41) is 9.58. The Morgan fingerprint density at radius 2 is 2.05 bits per heavy atom. The number of rotatable bonds is 6. The molecule has 2 rings (SSSR count). The Bertz CT molecular complexity index is 430. The molecule has 1 N–H and O–H groups in total. The summed E-state index contributed by atoms with van der Waals surface area (Å²) in [6, 6.07) is 11.0. The van der Waals surface area contributed by atoms with E-state index < -0.39 is 0 Å². The van der Waals surface area contributed by atoms with Gasteiger partial charge in [0.2, 0.25) is 0 Å². The van der Waals surface area contributed by atoms with Crippen molar-refractivity contribution in [1.29, 1.82) is 0 Å². The minimum atomic E-state index is -0.233. The van der Waals surface area contributed by atoms with Gasteiger partial charge in [-0.3, -0.25) is 9.80 Å². The molecule has 116 valence electrons. The molecule has 0 radical (unpaired) electrons. The van der Waals surface area contributed by atoms with Gasteiger partial charge in [0, 0.05) is 38.8 Å². The van der Waals surface area contributed by atoms with Gasteiger partial charge in [0.05, 0.1) is 6.10 Å². The fraction of sp³-hybridized carbons (Fsp3) is 0.556. The van der Waals surface area contributed by atoms with Crippen LogP contribution in [0.4, 0.5) is 0 Å². The van der Waals surface area contributed by atoms with Crippen molar-refractivity contribution < 1.29 is 5.11 Å². The van der Waals surface area contributed by atoms with Gasteiger partial charge in [-0.05, 0) is 18.9 Å². The normalized spacial score (nSPS) is 22.7. The first-order chi connectivity index (χ1) is 10.2. The third kappa shape index (κ3) is 5.27. The molecule has 0 amide bonds. The van der Waals surface area contributed by atoms with E-state index in [1.54, 1.807) is 0 Å². The number of hydrogen-bond donors (Lipinski definition) is 1. The van der Waals surface area contributed by atoms with Crippen LogP contribution < -0.4 is 0 Å². The van der Waals surface area contributed by atoms with Crippen molar-refractivity contribution in [1.82, 2.24) is 9.80 Å². The van der Waals surface area contributed by atoms with E-state index in [0.717, 1.165) is 39.1 Å². The average molecular weight is 288 g/mol. The van der Waals surface area contributed by atoms with Crippen LogP contribution >= 0.6 is 0 Å². The van der Waals surface area contributed by atoms with E-state index in [4.69, 9.17) is 0 Å². The Morgan fingerprint density at radius 1 is 1.29 bits per heavy atom. The van der Waals surface area contributed by atoms with Gasteiger partial charge >= 0.3 is 0 Å². The zero-order valence-corrected chi connectivity index (χ0v) is 13.3. The summed E-state index contributed by atoms with van der Waals surface area (Å²) in [5.74, 6) is 0. The lowest BCUT2D eigenvalue weighted by Crippen LogP contribution is -2.54. The largest absolute Gasteiger partial charge is 0.392 e. The molecule has 3 heteroatoms. The molecule has 1 heterocycles. The van der Waals surface area contributed by atoms with Crippen LogP contribution in [0.1, 0.15) is 25.8 Å². The quantitative estimate of drug-likeness (QED) is 0.871. The molecule has 0 bridgehead atoms.